The number of aliphatic hydroxyl groups excluding tert-OH is 1. The average molecular weight is 315 g/mol. The Balaban J connectivity index is 2.19. The molecule has 0 spiro atoms. The van der Waals surface area contributed by atoms with Crippen LogP contribution in [0, 0.1) is 11.5 Å². The molecule has 1 aromatic carbocycles. The number of benzene rings is 1. The molecule has 2 aromatic rings. The summed E-state index contributed by atoms with van der Waals surface area (Å²) in [6.07, 6.45) is 1.68. The predicted molar refractivity (Wildman–Crippen MR) is 88.8 cm³/mol. The van der Waals surface area contributed by atoms with Gasteiger partial charge in [0.25, 0.3) is 0 Å². The maximum atomic E-state index is 10.4. The van der Waals surface area contributed by atoms with Gasteiger partial charge in [0, 0.05) is 12.0 Å². The van der Waals surface area contributed by atoms with Gasteiger partial charge in [0.15, 0.2) is 5.60 Å². The second-order valence-corrected chi connectivity index (χ2v) is 11.1. The van der Waals surface area contributed by atoms with E-state index < -0.39 is 20.3 Å². The van der Waals surface area contributed by atoms with Crippen LogP contribution in [0.4, 0.5) is 0 Å². The SMILES string of the molecule is C[Si](C)(C)C#C[C@@](O)(CO)Cc1cnc(-c2ccccc2)o1. The van der Waals surface area contributed by atoms with Crippen molar-refractivity contribution in [2.45, 2.75) is 31.7 Å². The number of nitrogens with zero attached hydrogens (tertiary/aromatic N) is 1. The molecule has 0 saturated carbocycles. The van der Waals surface area contributed by atoms with Gasteiger partial charge in [0.2, 0.25) is 5.89 Å². The lowest BCUT2D eigenvalue weighted by Gasteiger charge is -2.18. The molecule has 0 aliphatic heterocycles. The molecular formula is C17H21NO3Si. The molecule has 0 fully saturated rings. The third-order valence-corrected chi connectivity index (χ3v) is 3.85. The maximum absolute atomic E-state index is 10.4. The van der Waals surface area contributed by atoms with Crippen molar-refractivity contribution in [2.24, 2.45) is 0 Å². The number of aliphatic hydroxyl groups is 2. The highest BCUT2D eigenvalue weighted by Gasteiger charge is 2.27. The lowest BCUT2D eigenvalue weighted by molar-refractivity contribution is 0.0324. The highest BCUT2D eigenvalue weighted by molar-refractivity contribution is 6.83. The van der Waals surface area contributed by atoms with Crippen LogP contribution in [0.3, 0.4) is 0 Å². The fourth-order valence-corrected chi connectivity index (χ4v) is 2.44. The molecule has 0 aliphatic rings. The molecular weight excluding hydrogens is 294 g/mol. The number of hydrogen-bond donors (Lipinski definition) is 2. The van der Waals surface area contributed by atoms with E-state index in [2.05, 4.69) is 36.1 Å². The first kappa shape index (κ1) is 16.5. The van der Waals surface area contributed by atoms with E-state index >= 15 is 0 Å². The normalized spacial score (nSPS) is 14.0. The summed E-state index contributed by atoms with van der Waals surface area (Å²) < 4.78 is 5.66. The van der Waals surface area contributed by atoms with Gasteiger partial charge in [-0.05, 0) is 12.1 Å². The van der Waals surface area contributed by atoms with Gasteiger partial charge in [-0.25, -0.2) is 4.98 Å². The molecule has 2 N–H and O–H groups in total. The molecule has 5 heteroatoms. The van der Waals surface area contributed by atoms with E-state index in [1.165, 1.54) is 0 Å². The van der Waals surface area contributed by atoms with Crippen molar-refractivity contribution >= 4 is 8.07 Å². The second kappa shape index (κ2) is 6.49. The van der Waals surface area contributed by atoms with E-state index in [9.17, 15) is 10.2 Å². The Morgan fingerprint density at radius 2 is 1.91 bits per heavy atom. The van der Waals surface area contributed by atoms with Crippen LogP contribution >= 0.6 is 0 Å². The summed E-state index contributed by atoms with van der Waals surface area (Å²) in [6.45, 7) is 5.81. The number of rotatable bonds is 4. The van der Waals surface area contributed by atoms with Crippen LogP contribution in [0.1, 0.15) is 5.76 Å². The van der Waals surface area contributed by atoms with Gasteiger partial charge in [-0.2, -0.15) is 0 Å². The maximum Gasteiger partial charge on any atom is 0.226 e. The summed E-state index contributed by atoms with van der Waals surface area (Å²) in [5, 5.41) is 19.9. The highest BCUT2D eigenvalue weighted by atomic mass is 28.3. The summed E-state index contributed by atoms with van der Waals surface area (Å²) in [4.78, 5) is 4.21. The van der Waals surface area contributed by atoms with Crippen LogP contribution < -0.4 is 0 Å². The Bertz CT molecular complexity index is 679. The number of aromatic nitrogens is 1. The van der Waals surface area contributed by atoms with E-state index in [-0.39, 0.29) is 6.42 Å². The summed E-state index contributed by atoms with van der Waals surface area (Å²) >= 11 is 0. The Morgan fingerprint density at radius 1 is 1.23 bits per heavy atom. The predicted octanol–water partition coefficient (Wildman–Crippen LogP) is 2.49. The molecule has 22 heavy (non-hydrogen) atoms. The monoisotopic (exact) mass is 315 g/mol. The largest absolute Gasteiger partial charge is 0.441 e. The van der Waals surface area contributed by atoms with Crippen molar-refractivity contribution in [3.63, 3.8) is 0 Å². The van der Waals surface area contributed by atoms with Gasteiger partial charge in [-0.15, -0.1) is 5.54 Å². The van der Waals surface area contributed by atoms with E-state index in [1.807, 2.05) is 30.3 Å². The number of hydrogen-bond acceptors (Lipinski definition) is 4. The first-order chi connectivity index (χ1) is 10.3. The van der Waals surface area contributed by atoms with Crippen molar-refractivity contribution in [2.75, 3.05) is 6.61 Å². The van der Waals surface area contributed by atoms with Crippen molar-refractivity contribution in [3.05, 3.63) is 42.3 Å². The van der Waals surface area contributed by atoms with Gasteiger partial charge >= 0.3 is 0 Å². The Kier molecular flexibility index (Phi) is 4.86. The summed E-state index contributed by atoms with van der Waals surface area (Å²) in [5.74, 6) is 3.81. The van der Waals surface area contributed by atoms with Crippen molar-refractivity contribution < 1.29 is 14.6 Å². The van der Waals surface area contributed by atoms with Crippen molar-refractivity contribution in [1.29, 1.82) is 0 Å². The van der Waals surface area contributed by atoms with Crippen molar-refractivity contribution in [1.82, 2.24) is 4.98 Å². The molecule has 1 heterocycles. The van der Waals surface area contributed by atoms with E-state index in [0.717, 1.165) is 5.56 Å². The van der Waals surface area contributed by atoms with Crippen molar-refractivity contribution in [3.8, 4) is 22.9 Å². The number of oxazole rings is 1. The lowest BCUT2D eigenvalue weighted by Crippen LogP contribution is -2.35. The Hall–Kier alpha value is -1.87. The molecule has 0 unspecified atom stereocenters. The van der Waals surface area contributed by atoms with Gasteiger partial charge < -0.3 is 14.6 Å². The quantitative estimate of drug-likeness (QED) is 0.672. The molecule has 2 rings (SSSR count). The Labute approximate surface area is 131 Å². The molecule has 4 nitrogen and oxygen atoms in total. The lowest BCUT2D eigenvalue weighted by atomic mass is 10.0. The van der Waals surface area contributed by atoms with Gasteiger partial charge in [0.05, 0.1) is 12.8 Å². The van der Waals surface area contributed by atoms with E-state index in [4.69, 9.17) is 4.42 Å². The minimum atomic E-state index is -1.63. The van der Waals surface area contributed by atoms with Gasteiger partial charge in [-0.1, -0.05) is 43.8 Å². The summed E-state index contributed by atoms with van der Waals surface area (Å²) in [7, 11) is -1.63. The van der Waals surface area contributed by atoms with Crippen LogP contribution in [-0.4, -0.2) is 35.5 Å². The van der Waals surface area contributed by atoms with Crippen LogP contribution in [0.5, 0.6) is 0 Å². The zero-order valence-corrected chi connectivity index (χ0v) is 14.1. The molecule has 0 bridgehead atoms. The minimum Gasteiger partial charge on any atom is -0.441 e. The van der Waals surface area contributed by atoms with Crippen LogP contribution in [-0.2, 0) is 6.42 Å². The second-order valence-electron chi connectivity index (χ2n) is 6.36. The average Bonchev–Trinajstić information content (AvgIpc) is 2.94. The minimum absolute atomic E-state index is 0.112. The summed E-state index contributed by atoms with van der Waals surface area (Å²) in [5.41, 5.74) is 2.47. The van der Waals surface area contributed by atoms with Crippen LogP contribution in [0.25, 0.3) is 11.5 Å². The zero-order valence-electron chi connectivity index (χ0n) is 13.1. The summed E-state index contributed by atoms with van der Waals surface area (Å²) in [6, 6.07) is 9.53. The van der Waals surface area contributed by atoms with Gasteiger partial charge in [0.1, 0.15) is 13.8 Å². The molecule has 0 radical (unpaired) electrons. The first-order valence-electron chi connectivity index (χ1n) is 7.19. The third-order valence-electron chi connectivity index (χ3n) is 2.97. The van der Waals surface area contributed by atoms with Crippen LogP contribution in [0.2, 0.25) is 19.6 Å². The fourth-order valence-electron chi connectivity index (χ4n) is 1.84. The highest BCUT2D eigenvalue weighted by Crippen LogP contribution is 2.21. The molecule has 116 valence electrons. The zero-order chi connectivity index (χ0) is 16.2. The first-order valence-corrected chi connectivity index (χ1v) is 10.7. The third kappa shape index (κ3) is 4.57. The van der Waals surface area contributed by atoms with E-state index in [1.54, 1.807) is 6.20 Å². The smallest absolute Gasteiger partial charge is 0.226 e. The Morgan fingerprint density at radius 3 is 2.50 bits per heavy atom. The molecule has 0 amide bonds. The van der Waals surface area contributed by atoms with Gasteiger partial charge in [-0.3, -0.25) is 0 Å². The topological polar surface area (TPSA) is 66.5 Å². The molecule has 1 atom stereocenters. The van der Waals surface area contributed by atoms with Crippen LogP contribution in [0.15, 0.2) is 40.9 Å². The molecule has 0 saturated heterocycles. The fraction of sp³-hybridized carbons (Fsp3) is 0.353. The standard InChI is InChI=1S/C17H21NO3Si/c1-22(2,3)10-9-17(20,13-19)11-15-12-18-16(21-15)14-7-5-4-6-8-14/h4-8,12,19-20H,11,13H2,1-3H3/t17-/m0/s1. The molecule has 0 aliphatic carbocycles. The van der Waals surface area contributed by atoms with E-state index in [0.29, 0.717) is 11.7 Å². The molecule has 1 aromatic heterocycles.